The van der Waals surface area contributed by atoms with E-state index in [1.54, 1.807) is 46.7 Å². The highest BCUT2D eigenvalue weighted by Crippen LogP contribution is 2.30. The molecule has 1 atom stereocenters. The number of thiophene rings is 1. The molecule has 0 N–H and O–H groups in total. The Kier molecular flexibility index (Phi) is 5.29. The molecule has 6 nitrogen and oxygen atoms in total. The number of hydrogen-bond acceptors (Lipinski definition) is 7. The molecule has 1 aliphatic rings. The number of nitrogens with zero attached hydrogens (tertiary/aromatic N) is 2. The second-order valence-electron chi connectivity index (χ2n) is 6.73. The van der Waals surface area contributed by atoms with Crippen LogP contribution in [0.3, 0.4) is 0 Å². The van der Waals surface area contributed by atoms with Gasteiger partial charge in [0.05, 0.1) is 0 Å². The fourth-order valence-corrected chi connectivity index (χ4v) is 4.78. The number of benzene rings is 1. The van der Waals surface area contributed by atoms with Gasteiger partial charge in [0.1, 0.15) is 5.01 Å². The van der Waals surface area contributed by atoms with Crippen LogP contribution in [0.15, 0.2) is 40.4 Å². The number of esters is 1. The van der Waals surface area contributed by atoms with Crippen LogP contribution in [0.2, 0.25) is 0 Å². The van der Waals surface area contributed by atoms with Crippen LogP contribution in [0.25, 0.3) is 10.6 Å². The molecule has 1 aromatic carbocycles. The lowest BCUT2D eigenvalue weighted by Crippen LogP contribution is -2.26. The van der Waals surface area contributed by atoms with E-state index in [1.165, 1.54) is 18.3 Å². The number of carbonyl (C=O) groups excluding carboxylic acids is 3. The van der Waals surface area contributed by atoms with Gasteiger partial charge in [-0.25, -0.2) is 9.78 Å². The van der Waals surface area contributed by atoms with Crippen molar-refractivity contribution < 1.29 is 19.1 Å². The number of fused-ring (bicyclic) bond motifs is 1. The quantitative estimate of drug-likeness (QED) is 0.451. The van der Waals surface area contributed by atoms with Crippen LogP contribution >= 0.6 is 22.7 Å². The van der Waals surface area contributed by atoms with E-state index in [4.69, 9.17) is 4.74 Å². The number of thiazole rings is 1. The second kappa shape index (κ2) is 7.88. The lowest BCUT2D eigenvalue weighted by molar-refractivity contribution is -0.116. The zero-order valence-electron chi connectivity index (χ0n) is 15.9. The molecule has 2 aromatic heterocycles. The SMILES string of the molecule is CC(=O)N1CCc2cc(C(=O)C(C)OC(=O)c3csc(-c4ccsc4)n3)ccc21. The van der Waals surface area contributed by atoms with Gasteiger partial charge in [0, 0.05) is 41.0 Å². The third kappa shape index (κ3) is 3.86. The van der Waals surface area contributed by atoms with Gasteiger partial charge in [0.25, 0.3) is 0 Å². The molecule has 3 heterocycles. The summed E-state index contributed by atoms with van der Waals surface area (Å²) in [4.78, 5) is 42.8. The first-order chi connectivity index (χ1) is 13.9. The zero-order chi connectivity index (χ0) is 20.5. The van der Waals surface area contributed by atoms with E-state index < -0.39 is 12.1 Å². The molecule has 0 fully saturated rings. The number of aromatic nitrogens is 1. The van der Waals surface area contributed by atoms with Crippen molar-refractivity contribution in [3.8, 4) is 10.6 Å². The van der Waals surface area contributed by atoms with Crippen LogP contribution in [0.4, 0.5) is 5.69 Å². The molecule has 1 amide bonds. The predicted octanol–water partition coefficient (Wildman–Crippen LogP) is 4.21. The molecule has 0 radical (unpaired) electrons. The van der Waals surface area contributed by atoms with Gasteiger partial charge in [-0.15, -0.1) is 11.3 Å². The van der Waals surface area contributed by atoms with Crippen LogP contribution in [0, 0.1) is 0 Å². The molecule has 3 aromatic rings. The first kappa shape index (κ1) is 19.5. The van der Waals surface area contributed by atoms with E-state index in [2.05, 4.69) is 4.98 Å². The molecule has 8 heteroatoms. The minimum absolute atomic E-state index is 0.0183. The molecular weight excluding hydrogens is 408 g/mol. The number of amides is 1. The largest absolute Gasteiger partial charge is 0.450 e. The van der Waals surface area contributed by atoms with Gasteiger partial charge >= 0.3 is 5.97 Å². The standard InChI is InChI=1S/C21H18N2O4S2/c1-12(27-21(26)17-11-29-20(22-17)16-6-8-28-10-16)19(25)15-3-4-18-14(9-15)5-7-23(18)13(2)24/h3-4,6,8-12H,5,7H2,1-2H3. The lowest BCUT2D eigenvalue weighted by atomic mass is 10.0. The number of Topliss-reactive ketones (excluding diaryl/α,β-unsaturated/α-hetero) is 1. The second-order valence-corrected chi connectivity index (χ2v) is 8.36. The van der Waals surface area contributed by atoms with Crippen molar-refractivity contribution in [1.29, 1.82) is 0 Å². The Morgan fingerprint density at radius 1 is 1.21 bits per heavy atom. The van der Waals surface area contributed by atoms with Crippen molar-refractivity contribution in [3.05, 3.63) is 57.2 Å². The van der Waals surface area contributed by atoms with Crippen LogP contribution in [0.5, 0.6) is 0 Å². The predicted molar refractivity (Wildman–Crippen MR) is 113 cm³/mol. The lowest BCUT2D eigenvalue weighted by Gasteiger charge is -2.15. The Balaban J connectivity index is 1.45. The normalized spacial score (nSPS) is 13.8. The zero-order valence-corrected chi connectivity index (χ0v) is 17.5. The number of hydrogen-bond donors (Lipinski definition) is 0. The minimum atomic E-state index is -0.933. The fourth-order valence-electron chi connectivity index (χ4n) is 3.28. The summed E-state index contributed by atoms with van der Waals surface area (Å²) in [5, 5.41) is 6.28. The topological polar surface area (TPSA) is 76.6 Å². The summed E-state index contributed by atoms with van der Waals surface area (Å²) in [6.07, 6.45) is -0.230. The van der Waals surface area contributed by atoms with E-state index in [0.717, 1.165) is 21.8 Å². The Bertz CT molecular complexity index is 1090. The summed E-state index contributed by atoms with van der Waals surface area (Å²) in [7, 11) is 0. The van der Waals surface area contributed by atoms with Gasteiger partial charge in [0.2, 0.25) is 11.7 Å². The summed E-state index contributed by atoms with van der Waals surface area (Å²) in [6.45, 7) is 3.70. The van der Waals surface area contributed by atoms with Crippen molar-refractivity contribution in [2.75, 3.05) is 11.4 Å². The molecule has 0 saturated heterocycles. The van der Waals surface area contributed by atoms with Crippen molar-refractivity contribution in [3.63, 3.8) is 0 Å². The van der Waals surface area contributed by atoms with Crippen LogP contribution < -0.4 is 4.90 Å². The molecule has 0 bridgehead atoms. The smallest absolute Gasteiger partial charge is 0.358 e. The van der Waals surface area contributed by atoms with Gasteiger partial charge in [0.15, 0.2) is 11.8 Å². The van der Waals surface area contributed by atoms with E-state index >= 15 is 0 Å². The number of anilines is 1. The van der Waals surface area contributed by atoms with Crippen molar-refractivity contribution in [2.24, 2.45) is 0 Å². The molecule has 0 aliphatic carbocycles. The molecule has 29 heavy (non-hydrogen) atoms. The highest BCUT2D eigenvalue weighted by Gasteiger charge is 2.26. The van der Waals surface area contributed by atoms with E-state index in [0.29, 0.717) is 18.5 Å². The molecule has 0 saturated carbocycles. The van der Waals surface area contributed by atoms with Gasteiger partial charge in [-0.2, -0.15) is 11.3 Å². The Hall–Kier alpha value is -2.84. The third-order valence-corrected chi connectivity index (χ3v) is 6.35. The number of ether oxygens (including phenoxy) is 1. The molecule has 148 valence electrons. The van der Waals surface area contributed by atoms with Gasteiger partial charge in [-0.05, 0) is 48.6 Å². The summed E-state index contributed by atoms with van der Waals surface area (Å²) in [5.74, 6) is -0.918. The van der Waals surface area contributed by atoms with Gasteiger partial charge in [-0.1, -0.05) is 0 Å². The summed E-state index contributed by atoms with van der Waals surface area (Å²) in [5.41, 5.74) is 3.40. The van der Waals surface area contributed by atoms with Crippen LogP contribution in [0.1, 0.15) is 40.3 Å². The van der Waals surface area contributed by atoms with Crippen molar-refractivity contribution >= 4 is 46.0 Å². The Morgan fingerprint density at radius 3 is 2.76 bits per heavy atom. The molecule has 4 rings (SSSR count). The highest BCUT2D eigenvalue weighted by molar-refractivity contribution is 7.14. The number of rotatable bonds is 5. The van der Waals surface area contributed by atoms with Gasteiger partial charge < -0.3 is 9.64 Å². The first-order valence-electron chi connectivity index (χ1n) is 9.08. The number of carbonyl (C=O) groups is 3. The third-order valence-electron chi connectivity index (χ3n) is 4.77. The van der Waals surface area contributed by atoms with E-state index in [-0.39, 0.29) is 17.4 Å². The maximum Gasteiger partial charge on any atom is 0.358 e. The molecule has 1 aliphatic heterocycles. The van der Waals surface area contributed by atoms with Gasteiger partial charge in [-0.3, -0.25) is 9.59 Å². The molecular formula is C21H18N2O4S2. The monoisotopic (exact) mass is 426 g/mol. The fraction of sp³-hybridized carbons (Fsp3) is 0.238. The maximum atomic E-state index is 12.7. The maximum absolute atomic E-state index is 12.7. The minimum Gasteiger partial charge on any atom is -0.450 e. The van der Waals surface area contributed by atoms with Crippen molar-refractivity contribution in [2.45, 2.75) is 26.4 Å². The van der Waals surface area contributed by atoms with Crippen molar-refractivity contribution in [1.82, 2.24) is 4.98 Å². The van der Waals surface area contributed by atoms with Crippen LogP contribution in [-0.2, 0) is 16.0 Å². The van der Waals surface area contributed by atoms with E-state index in [1.807, 2.05) is 16.8 Å². The summed E-state index contributed by atoms with van der Waals surface area (Å²) < 4.78 is 5.36. The Labute approximate surface area is 175 Å². The highest BCUT2D eigenvalue weighted by atomic mass is 32.1. The summed E-state index contributed by atoms with van der Waals surface area (Å²) in [6, 6.07) is 7.16. The number of ketones is 1. The van der Waals surface area contributed by atoms with Crippen LogP contribution in [-0.4, -0.2) is 35.3 Å². The summed E-state index contributed by atoms with van der Waals surface area (Å²) >= 11 is 2.92. The Morgan fingerprint density at radius 2 is 2.03 bits per heavy atom. The molecule has 0 spiro atoms. The first-order valence-corrected chi connectivity index (χ1v) is 10.9. The molecule has 1 unspecified atom stereocenters. The van der Waals surface area contributed by atoms with E-state index in [9.17, 15) is 14.4 Å². The average molecular weight is 427 g/mol. The average Bonchev–Trinajstić information content (AvgIpc) is 3.46.